The number of halogens is 2. The molecule has 0 amide bonds. The van der Waals surface area contributed by atoms with Gasteiger partial charge in [-0.25, -0.2) is 9.82 Å². The van der Waals surface area contributed by atoms with Gasteiger partial charge in [0.2, 0.25) is 0 Å². The minimum absolute atomic E-state index is 0.171. The second-order valence-corrected chi connectivity index (χ2v) is 5.37. The Morgan fingerprint density at radius 2 is 1.84 bits per heavy atom. The molecule has 0 aliphatic rings. The van der Waals surface area contributed by atoms with Gasteiger partial charge in [0.05, 0.1) is 6.04 Å². The summed E-state index contributed by atoms with van der Waals surface area (Å²) < 4.78 is 14.2. The van der Waals surface area contributed by atoms with Crippen LogP contribution >= 0.6 is 15.9 Å². The minimum Gasteiger partial charge on any atom is -0.271 e. The zero-order chi connectivity index (χ0) is 14.0. The zero-order valence-corrected chi connectivity index (χ0v) is 12.5. The Morgan fingerprint density at radius 3 is 2.47 bits per heavy atom. The van der Waals surface area contributed by atoms with E-state index in [9.17, 15) is 4.39 Å². The van der Waals surface area contributed by atoms with E-state index in [0.717, 1.165) is 26.7 Å². The normalized spacial score (nSPS) is 12.5. The van der Waals surface area contributed by atoms with Gasteiger partial charge < -0.3 is 0 Å². The Hall–Kier alpha value is -1.23. The quantitative estimate of drug-likeness (QED) is 0.667. The SMILES string of the molecule is Cc1cc(F)ccc1C(NN)c1cccc(C)c1Br. The second kappa shape index (κ2) is 5.82. The molecule has 0 aliphatic heterocycles. The Labute approximate surface area is 120 Å². The summed E-state index contributed by atoms with van der Waals surface area (Å²) in [6.45, 7) is 3.91. The average molecular weight is 323 g/mol. The van der Waals surface area contributed by atoms with Gasteiger partial charge in [0.1, 0.15) is 5.82 Å². The van der Waals surface area contributed by atoms with E-state index in [1.54, 1.807) is 6.07 Å². The Morgan fingerprint density at radius 1 is 1.11 bits per heavy atom. The molecule has 0 heterocycles. The molecule has 3 N–H and O–H groups in total. The number of hydrazine groups is 1. The van der Waals surface area contributed by atoms with Crippen LogP contribution in [0.25, 0.3) is 0 Å². The van der Waals surface area contributed by atoms with Crippen LogP contribution in [0.1, 0.15) is 28.3 Å². The molecular formula is C15H16BrFN2. The minimum atomic E-state index is -0.236. The van der Waals surface area contributed by atoms with Crippen molar-refractivity contribution < 1.29 is 4.39 Å². The number of hydrogen-bond donors (Lipinski definition) is 2. The molecule has 0 aromatic heterocycles. The molecule has 4 heteroatoms. The summed E-state index contributed by atoms with van der Waals surface area (Å²) >= 11 is 3.59. The highest BCUT2D eigenvalue weighted by Crippen LogP contribution is 2.31. The van der Waals surface area contributed by atoms with E-state index in [-0.39, 0.29) is 11.9 Å². The van der Waals surface area contributed by atoms with E-state index >= 15 is 0 Å². The average Bonchev–Trinajstić information content (AvgIpc) is 2.37. The first-order valence-corrected chi connectivity index (χ1v) is 6.81. The van der Waals surface area contributed by atoms with Crippen molar-refractivity contribution in [2.24, 2.45) is 5.84 Å². The Kier molecular flexibility index (Phi) is 4.34. The number of aryl methyl sites for hydroxylation is 2. The van der Waals surface area contributed by atoms with Crippen molar-refractivity contribution in [1.82, 2.24) is 5.43 Å². The van der Waals surface area contributed by atoms with Gasteiger partial charge in [0.25, 0.3) is 0 Å². The topological polar surface area (TPSA) is 38.0 Å². The first-order chi connectivity index (χ1) is 9.04. The van der Waals surface area contributed by atoms with Gasteiger partial charge in [-0.3, -0.25) is 5.84 Å². The zero-order valence-electron chi connectivity index (χ0n) is 10.9. The number of benzene rings is 2. The summed E-state index contributed by atoms with van der Waals surface area (Å²) in [5.41, 5.74) is 6.83. The maximum atomic E-state index is 13.2. The molecule has 100 valence electrons. The van der Waals surface area contributed by atoms with E-state index in [2.05, 4.69) is 21.4 Å². The van der Waals surface area contributed by atoms with Crippen LogP contribution in [0.3, 0.4) is 0 Å². The highest BCUT2D eigenvalue weighted by atomic mass is 79.9. The van der Waals surface area contributed by atoms with E-state index < -0.39 is 0 Å². The van der Waals surface area contributed by atoms with Crippen LogP contribution in [0.15, 0.2) is 40.9 Å². The van der Waals surface area contributed by atoms with E-state index in [4.69, 9.17) is 5.84 Å². The summed E-state index contributed by atoms with van der Waals surface area (Å²) in [5.74, 6) is 5.46. The molecule has 2 nitrogen and oxygen atoms in total. The molecule has 0 saturated heterocycles. The molecule has 0 saturated carbocycles. The summed E-state index contributed by atoms with van der Waals surface area (Å²) in [4.78, 5) is 0. The fraction of sp³-hybridized carbons (Fsp3) is 0.200. The van der Waals surface area contributed by atoms with Gasteiger partial charge >= 0.3 is 0 Å². The van der Waals surface area contributed by atoms with E-state index in [1.807, 2.05) is 32.0 Å². The molecule has 0 bridgehead atoms. The molecule has 0 radical (unpaired) electrons. The monoisotopic (exact) mass is 322 g/mol. The van der Waals surface area contributed by atoms with Gasteiger partial charge in [0, 0.05) is 4.47 Å². The van der Waals surface area contributed by atoms with Gasteiger partial charge in [-0.1, -0.05) is 40.2 Å². The standard InChI is InChI=1S/C15H16BrFN2/c1-9-4-3-5-13(14(9)16)15(19-18)12-7-6-11(17)8-10(12)2/h3-8,15,19H,18H2,1-2H3. The van der Waals surface area contributed by atoms with Gasteiger partial charge in [-0.2, -0.15) is 0 Å². The number of nitrogens with two attached hydrogens (primary N) is 1. The van der Waals surface area contributed by atoms with Crippen molar-refractivity contribution in [3.8, 4) is 0 Å². The molecule has 0 aliphatic carbocycles. The number of nitrogens with one attached hydrogen (secondary N) is 1. The Balaban J connectivity index is 2.53. The predicted molar refractivity (Wildman–Crippen MR) is 79.2 cm³/mol. The maximum Gasteiger partial charge on any atom is 0.123 e. The molecule has 0 fully saturated rings. The third kappa shape index (κ3) is 2.86. The molecule has 2 rings (SSSR count). The predicted octanol–water partition coefficient (Wildman–Crippen LogP) is 3.76. The highest BCUT2D eigenvalue weighted by Gasteiger charge is 2.18. The van der Waals surface area contributed by atoms with Crippen LogP contribution in [0, 0.1) is 19.7 Å². The lowest BCUT2D eigenvalue weighted by Crippen LogP contribution is -2.29. The molecule has 2 aromatic rings. The fourth-order valence-electron chi connectivity index (χ4n) is 2.20. The molecule has 1 atom stereocenters. The van der Waals surface area contributed by atoms with Crippen LogP contribution in [-0.2, 0) is 0 Å². The van der Waals surface area contributed by atoms with Crippen LogP contribution < -0.4 is 11.3 Å². The first kappa shape index (κ1) is 14.2. The summed E-state index contributed by atoms with van der Waals surface area (Å²) in [5, 5.41) is 0. The van der Waals surface area contributed by atoms with Gasteiger partial charge in [0.15, 0.2) is 0 Å². The second-order valence-electron chi connectivity index (χ2n) is 4.58. The molecule has 1 unspecified atom stereocenters. The Bertz CT molecular complexity index is 599. The highest BCUT2D eigenvalue weighted by molar-refractivity contribution is 9.10. The lowest BCUT2D eigenvalue weighted by molar-refractivity contribution is 0.611. The summed E-state index contributed by atoms with van der Waals surface area (Å²) in [7, 11) is 0. The van der Waals surface area contributed by atoms with Crippen molar-refractivity contribution in [1.29, 1.82) is 0 Å². The molecule has 2 aromatic carbocycles. The van der Waals surface area contributed by atoms with Gasteiger partial charge in [-0.05, 0) is 48.2 Å². The van der Waals surface area contributed by atoms with Crippen molar-refractivity contribution in [3.05, 3.63) is 68.9 Å². The van der Waals surface area contributed by atoms with Crippen LogP contribution in [0.2, 0.25) is 0 Å². The van der Waals surface area contributed by atoms with Crippen LogP contribution in [0.5, 0.6) is 0 Å². The van der Waals surface area contributed by atoms with Crippen LogP contribution in [0.4, 0.5) is 4.39 Å². The van der Waals surface area contributed by atoms with Crippen molar-refractivity contribution in [2.45, 2.75) is 19.9 Å². The van der Waals surface area contributed by atoms with E-state index in [0.29, 0.717) is 0 Å². The summed E-state index contributed by atoms with van der Waals surface area (Å²) in [6, 6.07) is 10.6. The molecule has 0 spiro atoms. The van der Waals surface area contributed by atoms with Crippen molar-refractivity contribution >= 4 is 15.9 Å². The van der Waals surface area contributed by atoms with Crippen molar-refractivity contribution in [3.63, 3.8) is 0 Å². The largest absolute Gasteiger partial charge is 0.271 e. The fourth-order valence-corrected chi connectivity index (χ4v) is 2.70. The van der Waals surface area contributed by atoms with E-state index in [1.165, 1.54) is 12.1 Å². The third-order valence-electron chi connectivity index (χ3n) is 3.24. The maximum absolute atomic E-state index is 13.2. The number of rotatable bonds is 3. The van der Waals surface area contributed by atoms with Crippen molar-refractivity contribution in [2.75, 3.05) is 0 Å². The first-order valence-electron chi connectivity index (χ1n) is 6.01. The lowest BCUT2D eigenvalue weighted by atomic mass is 9.94. The molecular weight excluding hydrogens is 307 g/mol. The smallest absolute Gasteiger partial charge is 0.123 e. The third-order valence-corrected chi connectivity index (χ3v) is 4.33. The number of hydrogen-bond acceptors (Lipinski definition) is 2. The van der Waals surface area contributed by atoms with Gasteiger partial charge in [-0.15, -0.1) is 0 Å². The lowest BCUT2D eigenvalue weighted by Gasteiger charge is -2.21. The molecule has 19 heavy (non-hydrogen) atoms. The van der Waals surface area contributed by atoms with Crippen LogP contribution in [-0.4, -0.2) is 0 Å². The summed E-state index contributed by atoms with van der Waals surface area (Å²) in [6.07, 6.45) is 0.